The molecule has 0 aliphatic heterocycles. The standard InChI is InChI=1S/C19H19ClN6O3/c1-11-9-14(25-26(11)15-7-8-22-19(20)24-15)18(29)23-13(16(27)17(21)28)10-12-5-3-2-4-6-12/h2-9,13,16,27H,10H2,1H3,(H2,21,28)(H,23,29). The molecule has 2 amide bonds. The lowest BCUT2D eigenvalue weighted by Gasteiger charge is -2.21. The second kappa shape index (κ2) is 8.80. The third kappa shape index (κ3) is 4.95. The monoisotopic (exact) mass is 414 g/mol. The molecule has 10 heteroatoms. The topological polar surface area (TPSA) is 136 Å². The van der Waals surface area contributed by atoms with E-state index in [0.29, 0.717) is 11.5 Å². The van der Waals surface area contributed by atoms with Gasteiger partial charge in [0, 0.05) is 18.0 Å². The van der Waals surface area contributed by atoms with E-state index in [1.54, 1.807) is 19.1 Å². The van der Waals surface area contributed by atoms with E-state index in [-0.39, 0.29) is 17.4 Å². The van der Waals surface area contributed by atoms with Crippen LogP contribution in [0.4, 0.5) is 0 Å². The number of aliphatic hydroxyl groups is 1. The van der Waals surface area contributed by atoms with Gasteiger partial charge in [-0.05, 0) is 36.6 Å². The van der Waals surface area contributed by atoms with Crippen LogP contribution in [0.25, 0.3) is 5.82 Å². The van der Waals surface area contributed by atoms with Crippen LogP contribution >= 0.6 is 11.6 Å². The summed E-state index contributed by atoms with van der Waals surface area (Å²) in [6.07, 6.45) is 0.144. The summed E-state index contributed by atoms with van der Waals surface area (Å²) in [6, 6.07) is 11.4. The van der Waals surface area contributed by atoms with Gasteiger partial charge in [-0.25, -0.2) is 9.67 Å². The first-order valence-corrected chi connectivity index (χ1v) is 9.10. The lowest BCUT2D eigenvalue weighted by Crippen LogP contribution is -2.50. The molecular formula is C19H19ClN6O3. The second-order valence-corrected chi connectivity index (χ2v) is 6.72. The number of carbonyl (C=O) groups is 2. The summed E-state index contributed by atoms with van der Waals surface area (Å²) >= 11 is 5.81. The molecule has 0 bridgehead atoms. The number of hydrogen-bond donors (Lipinski definition) is 3. The summed E-state index contributed by atoms with van der Waals surface area (Å²) in [5.41, 5.74) is 6.79. The zero-order chi connectivity index (χ0) is 21.0. The van der Waals surface area contributed by atoms with Crippen LogP contribution in [-0.4, -0.2) is 48.8 Å². The van der Waals surface area contributed by atoms with E-state index in [4.69, 9.17) is 17.3 Å². The summed E-state index contributed by atoms with van der Waals surface area (Å²) in [7, 11) is 0. The van der Waals surface area contributed by atoms with Crippen LogP contribution in [0.15, 0.2) is 48.7 Å². The van der Waals surface area contributed by atoms with Gasteiger partial charge in [-0.15, -0.1) is 0 Å². The Balaban J connectivity index is 1.82. The minimum atomic E-state index is -1.55. The molecule has 3 aromatic rings. The molecule has 9 nitrogen and oxygen atoms in total. The van der Waals surface area contributed by atoms with Crippen molar-refractivity contribution in [3.63, 3.8) is 0 Å². The number of hydrogen-bond acceptors (Lipinski definition) is 6. The fraction of sp³-hybridized carbons (Fsp3) is 0.211. The third-order valence-electron chi connectivity index (χ3n) is 4.24. The number of carbonyl (C=O) groups excluding carboxylic acids is 2. The number of aryl methyl sites for hydroxylation is 1. The van der Waals surface area contributed by atoms with Gasteiger partial charge in [-0.3, -0.25) is 9.59 Å². The SMILES string of the molecule is Cc1cc(C(=O)NC(Cc2ccccc2)C(O)C(N)=O)nn1-c1ccnc(Cl)n1. The number of nitrogens with zero attached hydrogens (tertiary/aromatic N) is 4. The molecule has 1 aromatic carbocycles. The molecule has 2 heterocycles. The van der Waals surface area contributed by atoms with Gasteiger partial charge in [0.15, 0.2) is 17.6 Å². The molecule has 2 atom stereocenters. The Morgan fingerprint density at radius 3 is 2.66 bits per heavy atom. The Morgan fingerprint density at radius 1 is 1.28 bits per heavy atom. The van der Waals surface area contributed by atoms with Crippen LogP contribution < -0.4 is 11.1 Å². The molecule has 0 spiro atoms. The third-order valence-corrected chi connectivity index (χ3v) is 4.42. The number of aliphatic hydroxyl groups excluding tert-OH is 1. The molecule has 0 radical (unpaired) electrons. The van der Waals surface area contributed by atoms with Gasteiger partial charge in [-0.1, -0.05) is 30.3 Å². The van der Waals surface area contributed by atoms with Crippen LogP contribution in [-0.2, 0) is 11.2 Å². The Morgan fingerprint density at radius 2 is 2.00 bits per heavy atom. The number of nitrogens with one attached hydrogen (secondary N) is 1. The average Bonchev–Trinajstić information content (AvgIpc) is 3.09. The summed E-state index contributed by atoms with van der Waals surface area (Å²) in [4.78, 5) is 32.1. The molecular weight excluding hydrogens is 396 g/mol. The highest BCUT2D eigenvalue weighted by atomic mass is 35.5. The van der Waals surface area contributed by atoms with Gasteiger partial charge in [0.2, 0.25) is 11.2 Å². The molecule has 0 saturated carbocycles. The number of aromatic nitrogens is 4. The van der Waals surface area contributed by atoms with E-state index in [1.807, 2.05) is 30.3 Å². The first-order valence-electron chi connectivity index (χ1n) is 8.73. The van der Waals surface area contributed by atoms with E-state index in [0.717, 1.165) is 5.56 Å². The van der Waals surface area contributed by atoms with Crippen LogP contribution in [0.5, 0.6) is 0 Å². The zero-order valence-electron chi connectivity index (χ0n) is 15.5. The molecule has 2 unspecified atom stereocenters. The minimum absolute atomic E-state index is 0.0518. The highest BCUT2D eigenvalue weighted by Crippen LogP contribution is 2.13. The largest absolute Gasteiger partial charge is 0.381 e. The van der Waals surface area contributed by atoms with Crippen LogP contribution in [0.2, 0.25) is 5.28 Å². The van der Waals surface area contributed by atoms with E-state index >= 15 is 0 Å². The van der Waals surface area contributed by atoms with Crippen molar-refractivity contribution in [1.29, 1.82) is 0 Å². The predicted octanol–water partition coefficient (Wildman–Crippen LogP) is 0.811. The van der Waals surface area contributed by atoms with Gasteiger partial charge in [0.25, 0.3) is 5.91 Å². The highest BCUT2D eigenvalue weighted by molar-refractivity contribution is 6.28. The van der Waals surface area contributed by atoms with E-state index < -0.39 is 24.0 Å². The normalized spacial score (nSPS) is 12.9. The van der Waals surface area contributed by atoms with Crippen molar-refractivity contribution in [2.24, 2.45) is 5.73 Å². The lowest BCUT2D eigenvalue weighted by atomic mass is 10.0. The zero-order valence-corrected chi connectivity index (χ0v) is 16.2. The summed E-state index contributed by atoms with van der Waals surface area (Å²) < 4.78 is 1.44. The Bertz CT molecular complexity index is 1020. The van der Waals surface area contributed by atoms with Gasteiger partial charge < -0.3 is 16.2 Å². The van der Waals surface area contributed by atoms with Crippen molar-refractivity contribution in [1.82, 2.24) is 25.1 Å². The van der Waals surface area contributed by atoms with Gasteiger partial charge >= 0.3 is 0 Å². The summed E-state index contributed by atoms with van der Waals surface area (Å²) in [5.74, 6) is -1.09. The van der Waals surface area contributed by atoms with Crippen molar-refractivity contribution in [3.8, 4) is 5.82 Å². The van der Waals surface area contributed by atoms with E-state index in [9.17, 15) is 14.7 Å². The Kier molecular flexibility index (Phi) is 6.20. The molecule has 29 heavy (non-hydrogen) atoms. The van der Waals surface area contributed by atoms with Gasteiger partial charge in [0.05, 0.1) is 6.04 Å². The average molecular weight is 415 g/mol. The van der Waals surface area contributed by atoms with Crippen molar-refractivity contribution >= 4 is 23.4 Å². The number of amides is 2. The molecule has 0 aliphatic carbocycles. The second-order valence-electron chi connectivity index (χ2n) is 6.38. The van der Waals surface area contributed by atoms with Crippen molar-refractivity contribution in [3.05, 3.63) is 70.9 Å². The number of rotatable bonds is 7. The summed E-state index contributed by atoms with van der Waals surface area (Å²) in [6.45, 7) is 1.75. The predicted molar refractivity (Wildman–Crippen MR) is 106 cm³/mol. The minimum Gasteiger partial charge on any atom is -0.381 e. The number of primary amides is 1. The summed E-state index contributed by atoms with van der Waals surface area (Å²) in [5, 5.41) is 17.1. The maximum absolute atomic E-state index is 12.7. The molecule has 3 rings (SSSR count). The Hall–Kier alpha value is -3.30. The molecule has 150 valence electrons. The number of halogens is 1. The quantitative estimate of drug-likeness (QED) is 0.489. The maximum atomic E-state index is 12.7. The van der Waals surface area contributed by atoms with E-state index in [2.05, 4.69) is 20.4 Å². The molecule has 0 saturated heterocycles. The van der Waals surface area contributed by atoms with Crippen LogP contribution in [0.3, 0.4) is 0 Å². The smallest absolute Gasteiger partial charge is 0.272 e. The first-order chi connectivity index (χ1) is 13.8. The van der Waals surface area contributed by atoms with Gasteiger partial charge in [0.1, 0.15) is 0 Å². The van der Waals surface area contributed by atoms with E-state index in [1.165, 1.54) is 10.9 Å². The molecule has 4 N–H and O–H groups in total. The van der Waals surface area contributed by atoms with Crippen LogP contribution in [0.1, 0.15) is 21.7 Å². The molecule has 0 aliphatic rings. The maximum Gasteiger partial charge on any atom is 0.272 e. The molecule has 0 fully saturated rings. The van der Waals surface area contributed by atoms with Crippen molar-refractivity contribution < 1.29 is 14.7 Å². The number of benzene rings is 1. The van der Waals surface area contributed by atoms with Crippen LogP contribution in [0, 0.1) is 6.92 Å². The van der Waals surface area contributed by atoms with Crippen molar-refractivity contribution in [2.75, 3.05) is 0 Å². The first kappa shape index (κ1) is 20.4. The highest BCUT2D eigenvalue weighted by Gasteiger charge is 2.27. The fourth-order valence-electron chi connectivity index (χ4n) is 2.81. The van der Waals surface area contributed by atoms with Gasteiger partial charge in [-0.2, -0.15) is 10.1 Å². The lowest BCUT2D eigenvalue weighted by molar-refractivity contribution is -0.127. The molecule has 2 aromatic heterocycles. The number of nitrogens with two attached hydrogens (primary N) is 1. The fourth-order valence-corrected chi connectivity index (χ4v) is 2.95. The Labute approximate surface area is 171 Å². The van der Waals surface area contributed by atoms with Crippen molar-refractivity contribution in [2.45, 2.75) is 25.5 Å².